The first-order valence-corrected chi connectivity index (χ1v) is 9.65. The number of rotatable bonds is 1. The van der Waals surface area contributed by atoms with Gasteiger partial charge in [0.2, 0.25) is 0 Å². The van der Waals surface area contributed by atoms with Crippen LogP contribution in [0.3, 0.4) is 0 Å². The van der Waals surface area contributed by atoms with Crippen LogP contribution in [0.5, 0.6) is 0 Å². The molecule has 0 aromatic carbocycles. The number of likely N-dealkylation sites (tertiary alicyclic amines) is 1. The largest absolute Gasteiger partial charge is 0.336 e. The number of amides is 2. The molecule has 0 saturated carbocycles. The van der Waals surface area contributed by atoms with Gasteiger partial charge in [-0.05, 0) is 64.3 Å². The monoisotopic (exact) mass is 317 g/mol. The Bertz CT molecular complexity index is 501. The quantitative estimate of drug-likeness (QED) is 0.755. The molecule has 0 spiro atoms. The molecule has 4 atom stereocenters. The maximum absolute atomic E-state index is 12.7. The number of nitrogens with zero attached hydrogens (tertiary/aromatic N) is 2. The fraction of sp³-hybridized carbons (Fsp3) is 0.842. The van der Waals surface area contributed by atoms with Crippen LogP contribution in [0.25, 0.3) is 0 Å². The third kappa shape index (κ3) is 2.79. The number of hydrogen-bond donors (Lipinski definition) is 1. The number of nitrogens with one attached hydrogen (secondary N) is 1. The van der Waals surface area contributed by atoms with Crippen LogP contribution in [-0.2, 0) is 0 Å². The van der Waals surface area contributed by atoms with E-state index in [-0.39, 0.29) is 12.1 Å². The van der Waals surface area contributed by atoms with Gasteiger partial charge in [0.1, 0.15) is 0 Å². The van der Waals surface area contributed by atoms with Gasteiger partial charge in [0.25, 0.3) is 0 Å². The average Bonchev–Trinajstić information content (AvgIpc) is 2.54. The molecule has 2 bridgehead atoms. The fourth-order valence-electron chi connectivity index (χ4n) is 5.53. The molecular formula is C19H31N3O. The minimum Gasteiger partial charge on any atom is -0.336 e. The molecule has 128 valence electrons. The number of fused-ring (bicyclic) bond motifs is 6. The van der Waals surface area contributed by atoms with Crippen LogP contribution >= 0.6 is 0 Å². The summed E-state index contributed by atoms with van der Waals surface area (Å²) in [4.78, 5) is 17.6. The third-order valence-corrected chi connectivity index (χ3v) is 6.33. The van der Waals surface area contributed by atoms with E-state index in [1.165, 1.54) is 45.2 Å². The molecule has 1 aliphatic carbocycles. The Hall–Kier alpha value is -1.03. The van der Waals surface area contributed by atoms with E-state index in [9.17, 15) is 4.79 Å². The van der Waals surface area contributed by atoms with Crippen molar-refractivity contribution in [2.24, 2.45) is 11.8 Å². The molecule has 0 aromatic heterocycles. The Labute approximate surface area is 140 Å². The van der Waals surface area contributed by atoms with Crippen LogP contribution in [0, 0.1) is 11.8 Å². The summed E-state index contributed by atoms with van der Waals surface area (Å²) in [5, 5.41) is 3.12. The van der Waals surface area contributed by atoms with Crippen molar-refractivity contribution in [1.82, 2.24) is 15.1 Å². The van der Waals surface area contributed by atoms with E-state index in [4.69, 9.17) is 0 Å². The van der Waals surface area contributed by atoms with E-state index >= 15 is 0 Å². The van der Waals surface area contributed by atoms with E-state index in [2.05, 4.69) is 35.0 Å². The van der Waals surface area contributed by atoms with E-state index in [1.807, 2.05) is 0 Å². The van der Waals surface area contributed by atoms with Crippen LogP contribution in [0.4, 0.5) is 4.79 Å². The van der Waals surface area contributed by atoms with E-state index in [1.54, 1.807) is 5.57 Å². The zero-order chi connectivity index (χ0) is 16.0. The number of piperidine rings is 3. The number of hydrogen-bond acceptors (Lipinski definition) is 2. The molecule has 0 radical (unpaired) electrons. The number of carbonyl (C=O) groups is 1. The maximum Gasteiger partial charge on any atom is 0.318 e. The van der Waals surface area contributed by atoms with Gasteiger partial charge in [-0.1, -0.05) is 18.1 Å². The molecule has 3 saturated heterocycles. The van der Waals surface area contributed by atoms with E-state index < -0.39 is 0 Å². The first kappa shape index (κ1) is 15.5. The van der Waals surface area contributed by atoms with Crippen LogP contribution in [0.15, 0.2) is 11.6 Å². The van der Waals surface area contributed by atoms with Crippen LogP contribution < -0.4 is 5.32 Å². The van der Waals surface area contributed by atoms with Gasteiger partial charge >= 0.3 is 6.03 Å². The van der Waals surface area contributed by atoms with Gasteiger partial charge in [0.05, 0.1) is 6.04 Å². The topological polar surface area (TPSA) is 35.6 Å². The normalized spacial score (nSPS) is 37.0. The molecule has 4 heteroatoms. The van der Waals surface area contributed by atoms with Crippen molar-refractivity contribution >= 4 is 6.03 Å². The molecule has 4 rings (SSSR count). The second kappa shape index (κ2) is 6.12. The molecule has 23 heavy (non-hydrogen) atoms. The van der Waals surface area contributed by atoms with Gasteiger partial charge in [-0.3, -0.25) is 4.90 Å². The summed E-state index contributed by atoms with van der Waals surface area (Å²) in [5.41, 5.74) is 1.57. The highest BCUT2D eigenvalue weighted by Gasteiger charge is 2.46. The molecular weight excluding hydrogens is 286 g/mol. The average molecular weight is 317 g/mol. The van der Waals surface area contributed by atoms with Crippen LogP contribution in [0.1, 0.15) is 52.4 Å². The Morgan fingerprint density at radius 2 is 2.13 bits per heavy atom. The van der Waals surface area contributed by atoms with Crippen molar-refractivity contribution in [1.29, 1.82) is 0 Å². The second-order valence-electron chi connectivity index (χ2n) is 8.31. The summed E-state index contributed by atoms with van der Waals surface area (Å²) in [6.45, 7) is 7.49. The second-order valence-corrected chi connectivity index (χ2v) is 8.31. The highest BCUT2D eigenvalue weighted by atomic mass is 16.2. The van der Waals surface area contributed by atoms with Crippen molar-refractivity contribution < 1.29 is 4.79 Å². The zero-order valence-corrected chi connectivity index (χ0v) is 14.6. The van der Waals surface area contributed by atoms with Gasteiger partial charge in [0, 0.05) is 25.2 Å². The summed E-state index contributed by atoms with van der Waals surface area (Å²) >= 11 is 0. The third-order valence-electron chi connectivity index (χ3n) is 6.33. The Morgan fingerprint density at radius 3 is 2.96 bits per heavy atom. The van der Waals surface area contributed by atoms with Crippen LogP contribution in [0.2, 0.25) is 0 Å². The zero-order valence-electron chi connectivity index (χ0n) is 14.6. The standard InChI is InChI=1S/C19H31N3O/c1-13(2)20-19(23)22-9-5-6-14-10-15-11-16(18(14)22)12-21-8-4-3-7-17(15)21/h10,13,15-18H,3-9,11-12H2,1-2H3,(H,20,23)/t15-,16-,17-,18-/m0/s1. The van der Waals surface area contributed by atoms with Crippen molar-refractivity contribution in [2.75, 3.05) is 19.6 Å². The molecule has 0 aromatic rings. The first-order chi connectivity index (χ1) is 11.1. The van der Waals surface area contributed by atoms with Crippen molar-refractivity contribution in [3.63, 3.8) is 0 Å². The van der Waals surface area contributed by atoms with E-state index in [0.717, 1.165) is 24.9 Å². The molecule has 3 fully saturated rings. The van der Waals surface area contributed by atoms with Gasteiger partial charge in [-0.25, -0.2) is 4.79 Å². The predicted molar refractivity (Wildman–Crippen MR) is 92.3 cm³/mol. The predicted octanol–water partition coefficient (Wildman–Crippen LogP) is 3.00. The lowest BCUT2D eigenvalue weighted by Gasteiger charge is -2.54. The lowest BCUT2D eigenvalue weighted by Crippen LogP contribution is -2.61. The van der Waals surface area contributed by atoms with Gasteiger partial charge in [0.15, 0.2) is 0 Å². The number of carbonyl (C=O) groups excluding carboxylic acids is 1. The van der Waals surface area contributed by atoms with Gasteiger partial charge < -0.3 is 10.2 Å². The van der Waals surface area contributed by atoms with Crippen LogP contribution in [-0.4, -0.2) is 53.6 Å². The molecule has 3 aliphatic heterocycles. The number of urea groups is 1. The fourth-order valence-corrected chi connectivity index (χ4v) is 5.53. The lowest BCUT2D eigenvalue weighted by atomic mass is 9.68. The lowest BCUT2D eigenvalue weighted by molar-refractivity contribution is 0.00776. The summed E-state index contributed by atoms with van der Waals surface area (Å²) in [6.07, 6.45) is 10.3. The van der Waals surface area contributed by atoms with E-state index in [0.29, 0.717) is 12.0 Å². The van der Waals surface area contributed by atoms with Crippen molar-refractivity contribution in [3.05, 3.63) is 11.6 Å². The Kier molecular flexibility index (Phi) is 4.12. The summed E-state index contributed by atoms with van der Waals surface area (Å²) in [5.74, 6) is 1.39. The summed E-state index contributed by atoms with van der Waals surface area (Å²) in [6, 6.07) is 1.51. The molecule has 4 aliphatic rings. The molecule has 4 nitrogen and oxygen atoms in total. The summed E-state index contributed by atoms with van der Waals surface area (Å²) in [7, 11) is 0. The molecule has 3 heterocycles. The molecule has 1 N–H and O–H groups in total. The minimum atomic E-state index is 0.148. The van der Waals surface area contributed by atoms with Crippen molar-refractivity contribution in [3.8, 4) is 0 Å². The highest BCUT2D eigenvalue weighted by Crippen LogP contribution is 2.44. The Morgan fingerprint density at radius 1 is 1.26 bits per heavy atom. The van der Waals surface area contributed by atoms with Crippen molar-refractivity contribution in [2.45, 2.75) is 70.5 Å². The van der Waals surface area contributed by atoms with Gasteiger partial charge in [-0.15, -0.1) is 0 Å². The Balaban J connectivity index is 1.59. The summed E-state index contributed by atoms with van der Waals surface area (Å²) < 4.78 is 0. The highest BCUT2D eigenvalue weighted by molar-refractivity contribution is 5.75. The minimum absolute atomic E-state index is 0.148. The smallest absolute Gasteiger partial charge is 0.318 e. The maximum atomic E-state index is 12.7. The first-order valence-electron chi connectivity index (χ1n) is 9.65. The van der Waals surface area contributed by atoms with Gasteiger partial charge in [-0.2, -0.15) is 0 Å². The SMILES string of the molecule is CC(C)NC(=O)N1CCCC2=C[C@H]3C[C@@H](CN4CCCC[C@@H]34)[C@H]21. The molecule has 2 amide bonds. The molecule has 0 unspecified atom stereocenters.